The molecule has 0 saturated heterocycles. The second kappa shape index (κ2) is 5.76. The molecule has 1 unspecified atom stereocenters. The molecule has 5 heteroatoms. The lowest BCUT2D eigenvalue weighted by molar-refractivity contribution is -0.147. The highest BCUT2D eigenvalue weighted by molar-refractivity contribution is 5.88. The van der Waals surface area contributed by atoms with E-state index in [1.54, 1.807) is 4.90 Å². The van der Waals surface area contributed by atoms with Gasteiger partial charge < -0.3 is 14.7 Å². The van der Waals surface area contributed by atoms with Crippen LogP contribution in [0.2, 0.25) is 0 Å². The third-order valence-electron chi connectivity index (χ3n) is 4.35. The molecule has 5 nitrogen and oxygen atoms in total. The van der Waals surface area contributed by atoms with Gasteiger partial charge in [-0.05, 0) is 18.9 Å². The molecule has 1 aliphatic carbocycles. The van der Waals surface area contributed by atoms with Crippen LogP contribution in [0.1, 0.15) is 37.2 Å². The van der Waals surface area contributed by atoms with Crippen molar-refractivity contribution in [2.24, 2.45) is 0 Å². The number of carbonyl (C=O) groups excluding carboxylic acids is 1. The predicted molar refractivity (Wildman–Crippen MR) is 76.3 cm³/mol. The number of benzene rings is 1. The Morgan fingerprint density at radius 3 is 2.67 bits per heavy atom. The third-order valence-corrected chi connectivity index (χ3v) is 4.35. The molecule has 21 heavy (non-hydrogen) atoms. The summed E-state index contributed by atoms with van der Waals surface area (Å²) in [6, 6.07) is 7.54. The van der Waals surface area contributed by atoms with Crippen LogP contribution in [-0.4, -0.2) is 41.1 Å². The average Bonchev–Trinajstić information content (AvgIpc) is 3.13. The Morgan fingerprint density at radius 1 is 1.24 bits per heavy atom. The van der Waals surface area contributed by atoms with Crippen LogP contribution in [0.15, 0.2) is 24.3 Å². The molecule has 3 rings (SSSR count). The summed E-state index contributed by atoms with van der Waals surface area (Å²) < 4.78 is 5.56. The minimum absolute atomic E-state index is 0.0568. The van der Waals surface area contributed by atoms with E-state index < -0.39 is 5.97 Å². The van der Waals surface area contributed by atoms with Crippen molar-refractivity contribution in [1.29, 1.82) is 0 Å². The zero-order chi connectivity index (χ0) is 14.8. The van der Waals surface area contributed by atoms with Gasteiger partial charge in [0.15, 0.2) is 0 Å². The zero-order valence-corrected chi connectivity index (χ0v) is 11.8. The minimum atomic E-state index is -0.956. The van der Waals surface area contributed by atoms with Crippen LogP contribution in [0.4, 0.5) is 0 Å². The Kier molecular flexibility index (Phi) is 3.82. The molecule has 1 aliphatic heterocycles. The predicted octanol–water partition coefficient (Wildman–Crippen LogP) is 2.02. The summed E-state index contributed by atoms with van der Waals surface area (Å²) >= 11 is 0. The Labute approximate surface area is 123 Å². The fraction of sp³-hybridized carbons (Fsp3) is 0.500. The van der Waals surface area contributed by atoms with Gasteiger partial charge in [-0.25, -0.2) is 0 Å². The first-order valence-corrected chi connectivity index (χ1v) is 7.41. The normalized spacial score (nSPS) is 20.9. The van der Waals surface area contributed by atoms with E-state index in [9.17, 15) is 9.59 Å². The van der Waals surface area contributed by atoms with Gasteiger partial charge in [-0.2, -0.15) is 0 Å². The maximum Gasteiger partial charge on any atom is 0.323 e. The molecule has 1 N–H and O–H groups in total. The van der Waals surface area contributed by atoms with Crippen LogP contribution in [0.3, 0.4) is 0 Å². The number of aliphatic carboxylic acids is 1. The highest BCUT2D eigenvalue weighted by Crippen LogP contribution is 2.36. The molecule has 0 spiro atoms. The van der Waals surface area contributed by atoms with Crippen LogP contribution in [0, 0.1) is 0 Å². The second-order valence-electron chi connectivity index (χ2n) is 5.70. The van der Waals surface area contributed by atoms with Crippen LogP contribution < -0.4 is 4.74 Å². The summed E-state index contributed by atoms with van der Waals surface area (Å²) in [5.41, 5.74) is 0.871. The van der Waals surface area contributed by atoms with Gasteiger partial charge in [0.2, 0.25) is 5.91 Å². The summed E-state index contributed by atoms with van der Waals surface area (Å²) in [5, 5.41) is 9.11. The molecule has 2 aliphatic rings. The van der Waals surface area contributed by atoms with Crippen molar-refractivity contribution in [2.45, 2.75) is 37.6 Å². The number of nitrogens with zero attached hydrogens (tertiary/aromatic N) is 1. The van der Waals surface area contributed by atoms with Gasteiger partial charge in [0, 0.05) is 11.6 Å². The first-order chi connectivity index (χ1) is 10.2. The van der Waals surface area contributed by atoms with Crippen molar-refractivity contribution in [3.63, 3.8) is 0 Å². The number of fused-ring (bicyclic) bond motifs is 1. The number of carboxylic acid groups (broad SMARTS) is 1. The van der Waals surface area contributed by atoms with Crippen molar-refractivity contribution in [1.82, 2.24) is 4.90 Å². The van der Waals surface area contributed by atoms with E-state index in [1.165, 1.54) is 0 Å². The summed E-state index contributed by atoms with van der Waals surface area (Å²) in [6.45, 7) is 0.0865. The number of ether oxygens (including phenoxy) is 1. The van der Waals surface area contributed by atoms with Crippen molar-refractivity contribution in [3.05, 3.63) is 29.8 Å². The topological polar surface area (TPSA) is 66.8 Å². The molecule has 0 radical (unpaired) electrons. The van der Waals surface area contributed by atoms with Crippen LogP contribution in [0.25, 0.3) is 0 Å². The van der Waals surface area contributed by atoms with E-state index in [1.807, 2.05) is 24.3 Å². The van der Waals surface area contributed by atoms with Gasteiger partial charge in [0.05, 0.1) is 0 Å². The van der Waals surface area contributed by atoms with E-state index >= 15 is 0 Å². The summed E-state index contributed by atoms with van der Waals surface area (Å²) in [4.78, 5) is 25.5. The van der Waals surface area contributed by atoms with Gasteiger partial charge in [0.1, 0.15) is 24.8 Å². The molecule has 1 aromatic rings. The average molecular weight is 289 g/mol. The van der Waals surface area contributed by atoms with Crippen molar-refractivity contribution < 1.29 is 19.4 Å². The van der Waals surface area contributed by atoms with Crippen LogP contribution in [-0.2, 0) is 9.59 Å². The molecular weight excluding hydrogens is 270 g/mol. The van der Waals surface area contributed by atoms with Crippen molar-refractivity contribution >= 4 is 11.9 Å². The fourth-order valence-corrected chi connectivity index (χ4v) is 3.32. The van der Waals surface area contributed by atoms with E-state index in [-0.39, 0.29) is 24.4 Å². The van der Waals surface area contributed by atoms with Crippen molar-refractivity contribution in [3.8, 4) is 5.75 Å². The summed E-state index contributed by atoms with van der Waals surface area (Å²) in [7, 11) is 0. The molecule has 1 fully saturated rings. The van der Waals surface area contributed by atoms with Gasteiger partial charge >= 0.3 is 5.97 Å². The standard InChI is InChI=1S/C16H19NO4/c18-15(19)9-17(11-5-1-2-6-11)16(20)13-10-21-14-8-4-3-7-12(13)14/h3-4,7-8,11,13H,1-2,5-6,9-10H2,(H,18,19). The molecular formula is C16H19NO4. The third kappa shape index (κ3) is 2.73. The van der Waals surface area contributed by atoms with Crippen molar-refractivity contribution in [2.75, 3.05) is 13.2 Å². The molecule has 1 atom stereocenters. The van der Waals surface area contributed by atoms with Gasteiger partial charge in [-0.3, -0.25) is 9.59 Å². The molecule has 1 saturated carbocycles. The minimum Gasteiger partial charge on any atom is -0.492 e. The first-order valence-electron chi connectivity index (χ1n) is 7.41. The monoisotopic (exact) mass is 289 g/mol. The smallest absolute Gasteiger partial charge is 0.323 e. The lowest BCUT2D eigenvalue weighted by Crippen LogP contribution is -2.45. The number of para-hydroxylation sites is 1. The summed E-state index contributed by atoms with van der Waals surface area (Å²) in [6.07, 6.45) is 3.92. The lowest BCUT2D eigenvalue weighted by atomic mass is 9.98. The van der Waals surface area contributed by atoms with Crippen LogP contribution >= 0.6 is 0 Å². The van der Waals surface area contributed by atoms with Crippen LogP contribution in [0.5, 0.6) is 5.75 Å². The number of amides is 1. The second-order valence-corrected chi connectivity index (χ2v) is 5.70. The number of hydrogen-bond donors (Lipinski definition) is 1. The molecule has 1 heterocycles. The number of carbonyl (C=O) groups is 2. The largest absolute Gasteiger partial charge is 0.492 e. The molecule has 112 valence electrons. The van der Waals surface area contributed by atoms with Gasteiger partial charge in [0.25, 0.3) is 0 Å². The lowest BCUT2D eigenvalue weighted by Gasteiger charge is -2.29. The van der Waals surface area contributed by atoms with E-state index in [2.05, 4.69) is 0 Å². The molecule has 1 amide bonds. The Bertz CT molecular complexity index is 551. The maximum atomic E-state index is 12.8. The Hall–Kier alpha value is -2.04. The van der Waals surface area contributed by atoms with Gasteiger partial charge in [-0.1, -0.05) is 31.0 Å². The van der Waals surface area contributed by atoms with E-state index in [4.69, 9.17) is 9.84 Å². The highest BCUT2D eigenvalue weighted by Gasteiger charge is 2.37. The van der Waals surface area contributed by atoms with E-state index in [0.29, 0.717) is 6.61 Å². The van der Waals surface area contributed by atoms with E-state index in [0.717, 1.165) is 37.0 Å². The van der Waals surface area contributed by atoms with Gasteiger partial charge in [-0.15, -0.1) is 0 Å². The molecule has 0 bridgehead atoms. The highest BCUT2D eigenvalue weighted by atomic mass is 16.5. The maximum absolute atomic E-state index is 12.8. The number of rotatable bonds is 4. The quantitative estimate of drug-likeness (QED) is 0.921. The fourth-order valence-electron chi connectivity index (χ4n) is 3.32. The number of carboxylic acids is 1. The first kappa shape index (κ1) is 13.9. The Balaban J connectivity index is 1.82. The summed E-state index contributed by atoms with van der Waals surface area (Å²) in [5.74, 6) is -0.713. The SMILES string of the molecule is O=C(O)CN(C(=O)C1COc2ccccc21)C1CCCC1. The number of hydrogen-bond acceptors (Lipinski definition) is 3. The molecule has 1 aromatic carbocycles. The molecule has 0 aromatic heterocycles. The zero-order valence-electron chi connectivity index (χ0n) is 11.8. The Morgan fingerprint density at radius 2 is 1.95 bits per heavy atom.